The van der Waals surface area contributed by atoms with Gasteiger partial charge >= 0.3 is 5.97 Å². The van der Waals surface area contributed by atoms with E-state index in [0.717, 1.165) is 16.9 Å². The molecule has 1 unspecified atom stereocenters. The number of aryl methyl sites for hydroxylation is 1. The molecule has 128 valence electrons. The average Bonchev–Trinajstić information content (AvgIpc) is 3.11. The van der Waals surface area contributed by atoms with Crippen LogP contribution in [0.1, 0.15) is 25.0 Å². The molecule has 0 aliphatic carbocycles. The monoisotopic (exact) mass is 323 g/mol. The van der Waals surface area contributed by atoms with E-state index >= 15 is 0 Å². The molecule has 3 rings (SSSR count). The number of methoxy groups -OCH3 is 1. The lowest BCUT2D eigenvalue weighted by Crippen LogP contribution is -2.35. The standard InChI is InChI=1S/C15H19NO5.C2H6/c1-9-4-3-5-10(14(9)19-2)6-16-13-11(8-20-15(13)18)12(7-17)21-16;1-2/h3-5,11-13,17H,6-8H2,1-2H3;1-2H3/t11-,12?,13+;/m1./s1. The molecule has 0 bridgehead atoms. The van der Waals surface area contributed by atoms with Crippen molar-refractivity contribution < 1.29 is 24.2 Å². The second-order valence-electron chi connectivity index (χ2n) is 5.41. The Hall–Kier alpha value is -1.63. The molecule has 1 aromatic rings. The molecule has 2 aliphatic heterocycles. The first kappa shape index (κ1) is 17.7. The van der Waals surface area contributed by atoms with E-state index < -0.39 is 12.1 Å². The van der Waals surface area contributed by atoms with Gasteiger partial charge in [0.25, 0.3) is 0 Å². The Morgan fingerprint density at radius 1 is 1.39 bits per heavy atom. The molecule has 3 atom stereocenters. The molecule has 0 aromatic heterocycles. The van der Waals surface area contributed by atoms with Crippen LogP contribution in [0.3, 0.4) is 0 Å². The summed E-state index contributed by atoms with van der Waals surface area (Å²) < 4.78 is 10.5. The van der Waals surface area contributed by atoms with Crippen molar-refractivity contribution in [2.75, 3.05) is 20.3 Å². The summed E-state index contributed by atoms with van der Waals surface area (Å²) in [5, 5.41) is 11.0. The van der Waals surface area contributed by atoms with Crippen molar-refractivity contribution in [1.29, 1.82) is 0 Å². The molecule has 0 spiro atoms. The van der Waals surface area contributed by atoms with E-state index in [1.807, 2.05) is 39.0 Å². The molecule has 0 amide bonds. The van der Waals surface area contributed by atoms with E-state index in [0.29, 0.717) is 13.2 Å². The van der Waals surface area contributed by atoms with Gasteiger partial charge in [-0.25, -0.2) is 0 Å². The highest BCUT2D eigenvalue weighted by molar-refractivity contribution is 5.78. The summed E-state index contributed by atoms with van der Waals surface area (Å²) in [5.74, 6) is 0.386. The van der Waals surface area contributed by atoms with Crippen LogP contribution in [0.2, 0.25) is 0 Å². The minimum Gasteiger partial charge on any atom is -0.496 e. The molecule has 2 saturated heterocycles. The second-order valence-corrected chi connectivity index (χ2v) is 5.41. The molecule has 1 N–H and O–H groups in total. The maximum absolute atomic E-state index is 11.9. The van der Waals surface area contributed by atoms with E-state index in [1.165, 1.54) is 0 Å². The first-order valence-corrected chi connectivity index (χ1v) is 7.99. The minimum absolute atomic E-state index is 0.113. The van der Waals surface area contributed by atoms with Crippen LogP contribution in [0, 0.1) is 12.8 Å². The first-order valence-electron chi connectivity index (χ1n) is 7.99. The van der Waals surface area contributed by atoms with Crippen molar-refractivity contribution in [2.45, 2.75) is 39.5 Å². The zero-order valence-electron chi connectivity index (χ0n) is 14.1. The molecule has 0 radical (unpaired) electrons. The van der Waals surface area contributed by atoms with Crippen LogP contribution in [0.4, 0.5) is 0 Å². The van der Waals surface area contributed by atoms with Crippen LogP contribution >= 0.6 is 0 Å². The molecule has 23 heavy (non-hydrogen) atoms. The number of fused-ring (bicyclic) bond motifs is 1. The van der Waals surface area contributed by atoms with Crippen LogP contribution in [0.5, 0.6) is 5.75 Å². The topological polar surface area (TPSA) is 68.2 Å². The second kappa shape index (κ2) is 7.77. The zero-order valence-corrected chi connectivity index (χ0v) is 14.1. The van der Waals surface area contributed by atoms with Crippen LogP contribution in [-0.4, -0.2) is 48.6 Å². The number of hydroxylamine groups is 2. The maximum atomic E-state index is 11.9. The number of hydrogen-bond acceptors (Lipinski definition) is 6. The Kier molecular flexibility index (Phi) is 5.98. The van der Waals surface area contributed by atoms with E-state index in [2.05, 4.69) is 0 Å². The average molecular weight is 323 g/mol. The van der Waals surface area contributed by atoms with Gasteiger partial charge < -0.3 is 14.6 Å². The fourth-order valence-electron chi connectivity index (χ4n) is 3.09. The fourth-order valence-corrected chi connectivity index (χ4v) is 3.09. The van der Waals surface area contributed by atoms with Crippen molar-refractivity contribution in [2.24, 2.45) is 5.92 Å². The normalized spacial score (nSPS) is 26.3. The summed E-state index contributed by atoms with van der Waals surface area (Å²) in [5.41, 5.74) is 1.97. The summed E-state index contributed by atoms with van der Waals surface area (Å²) in [6.45, 7) is 6.56. The van der Waals surface area contributed by atoms with Crippen LogP contribution in [-0.2, 0) is 20.9 Å². The Morgan fingerprint density at radius 3 is 2.78 bits per heavy atom. The van der Waals surface area contributed by atoms with Crippen LogP contribution in [0.25, 0.3) is 0 Å². The lowest BCUT2D eigenvalue weighted by Gasteiger charge is -2.21. The van der Waals surface area contributed by atoms with Gasteiger partial charge in [-0.05, 0) is 12.5 Å². The van der Waals surface area contributed by atoms with Gasteiger partial charge in [0.2, 0.25) is 0 Å². The molecular weight excluding hydrogens is 298 g/mol. The summed E-state index contributed by atoms with van der Waals surface area (Å²) in [6, 6.07) is 5.40. The van der Waals surface area contributed by atoms with E-state index in [1.54, 1.807) is 12.2 Å². The van der Waals surface area contributed by atoms with Gasteiger partial charge in [-0.1, -0.05) is 32.0 Å². The number of aliphatic hydroxyl groups is 1. The third-order valence-corrected chi connectivity index (χ3v) is 4.13. The Labute approximate surface area is 136 Å². The Balaban J connectivity index is 0.000000924. The highest BCUT2D eigenvalue weighted by atomic mass is 16.7. The number of benzene rings is 1. The number of esters is 1. The molecular formula is C17H25NO5. The van der Waals surface area contributed by atoms with Gasteiger partial charge in [-0.15, -0.1) is 0 Å². The SMILES string of the molecule is CC.COc1c(C)cccc1CN1OC(CO)[C@H]2COC(=O)[C@H]21. The van der Waals surface area contributed by atoms with E-state index in [9.17, 15) is 9.90 Å². The number of cyclic esters (lactones) is 1. The van der Waals surface area contributed by atoms with Crippen LogP contribution in [0.15, 0.2) is 18.2 Å². The lowest BCUT2D eigenvalue weighted by molar-refractivity contribution is -0.193. The smallest absolute Gasteiger partial charge is 0.326 e. The number of rotatable bonds is 4. The lowest BCUT2D eigenvalue weighted by atomic mass is 9.98. The number of carbonyl (C=O) groups excluding carboxylic acids is 1. The van der Waals surface area contributed by atoms with Crippen molar-refractivity contribution >= 4 is 5.97 Å². The zero-order chi connectivity index (χ0) is 17.0. The highest BCUT2D eigenvalue weighted by Crippen LogP contribution is 2.35. The van der Waals surface area contributed by atoms with E-state index in [4.69, 9.17) is 14.3 Å². The van der Waals surface area contributed by atoms with Gasteiger partial charge in [0, 0.05) is 5.56 Å². The number of nitrogens with zero attached hydrogens (tertiary/aromatic N) is 1. The third-order valence-electron chi connectivity index (χ3n) is 4.13. The van der Waals surface area contributed by atoms with Gasteiger partial charge in [0.1, 0.15) is 17.9 Å². The Bertz CT molecular complexity index is 548. The summed E-state index contributed by atoms with van der Waals surface area (Å²) >= 11 is 0. The predicted molar refractivity (Wildman–Crippen MR) is 84.8 cm³/mol. The molecule has 2 fully saturated rings. The van der Waals surface area contributed by atoms with E-state index in [-0.39, 0.29) is 18.5 Å². The predicted octanol–water partition coefficient (Wildman–Crippen LogP) is 1.68. The van der Waals surface area contributed by atoms with Gasteiger partial charge in [-0.2, -0.15) is 5.06 Å². The number of ether oxygens (including phenoxy) is 2. The summed E-state index contributed by atoms with van der Waals surface area (Å²) in [7, 11) is 1.62. The maximum Gasteiger partial charge on any atom is 0.326 e. The fraction of sp³-hybridized carbons (Fsp3) is 0.588. The van der Waals surface area contributed by atoms with Gasteiger partial charge in [0.15, 0.2) is 0 Å². The molecule has 2 aliphatic rings. The highest BCUT2D eigenvalue weighted by Gasteiger charge is 2.52. The van der Waals surface area contributed by atoms with Crippen molar-refractivity contribution in [3.8, 4) is 5.75 Å². The third kappa shape index (κ3) is 3.34. The molecule has 2 heterocycles. The Morgan fingerprint density at radius 2 is 2.13 bits per heavy atom. The van der Waals surface area contributed by atoms with Gasteiger partial charge in [0.05, 0.1) is 32.8 Å². The number of para-hydroxylation sites is 1. The first-order chi connectivity index (χ1) is 11.2. The molecule has 0 saturated carbocycles. The molecule has 6 heteroatoms. The van der Waals surface area contributed by atoms with Gasteiger partial charge in [-0.3, -0.25) is 9.63 Å². The minimum atomic E-state index is -0.452. The van der Waals surface area contributed by atoms with Crippen molar-refractivity contribution in [1.82, 2.24) is 5.06 Å². The van der Waals surface area contributed by atoms with Crippen molar-refractivity contribution in [3.63, 3.8) is 0 Å². The van der Waals surface area contributed by atoms with Crippen LogP contribution < -0.4 is 4.74 Å². The number of hydrogen-bond donors (Lipinski definition) is 1. The summed E-state index contributed by atoms with van der Waals surface area (Å²) in [4.78, 5) is 17.6. The number of aliphatic hydroxyl groups excluding tert-OH is 1. The number of carbonyl (C=O) groups is 1. The quantitative estimate of drug-likeness (QED) is 0.850. The summed E-state index contributed by atoms with van der Waals surface area (Å²) in [6.07, 6.45) is -0.391. The van der Waals surface area contributed by atoms with Crippen molar-refractivity contribution in [3.05, 3.63) is 29.3 Å². The largest absolute Gasteiger partial charge is 0.496 e. The molecule has 6 nitrogen and oxygen atoms in total. The molecule has 1 aromatic carbocycles.